The van der Waals surface area contributed by atoms with Gasteiger partial charge in [0.05, 0.1) is 12.4 Å². The van der Waals surface area contributed by atoms with Crippen molar-refractivity contribution in [3.8, 4) is 5.75 Å². The van der Waals surface area contributed by atoms with Gasteiger partial charge in [0.2, 0.25) is 10.0 Å². The van der Waals surface area contributed by atoms with Crippen molar-refractivity contribution in [3.05, 3.63) is 28.5 Å². The van der Waals surface area contributed by atoms with E-state index in [9.17, 15) is 12.8 Å². The van der Waals surface area contributed by atoms with Gasteiger partial charge >= 0.3 is 0 Å². The number of halogens is 2. The van der Waals surface area contributed by atoms with Gasteiger partial charge in [-0.1, -0.05) is 22.9 Å². The molecule has 1 rings (SSSR count). The molecular weight excluding hydrogens is 325 g/mol. The summed E-state index contributed by atoms with van der Waals surface area (Å²) in [5, 5.41) is 4.97. The molecular formula is C11H15BrFNO3S. The van der Waals surface area contributed by atoms with E-state index in [1.807, 2.05) is 6.92 Å². The fourth-order valence-corrected chi connectivity index (χ4v) is 2.73. The van der Waals surface area contributed by atoms with E-state index in [0.717, 1.165) is 0 Å². The van der Waals surface area contributed by atoms with Crippen molar-refractivity contribution in [2.45, 2.75) is 13.3 Å². The standard InChI is InChI=1S/C11H15BrFNO3S/c1-2-8(7-18(14,15)16)6-17-11-4-3-9(12)5-10(11)13/h3-5,8H,2,6-7H2,1H3,(H2,14,15,16). The predicted molar refractivity (Wildman–Crippen MR) is 71.4 cm³/mol. The summed E-state index contributed by atoms with van der Waals surface area (Å²) >= 11 is 3.14. The average Bonchev–Trinajstić information content (AvgIpc) is 2.24. The first-order valence-electron chi connectivity index (χ1n) is 5.40. The van der Waals surface area contributed by atoms with Crippen molar-refractivity contribution in [2.75, 3.05) is 12.4 Å². The quantitative estimate of drug-likeness (QED) is 0.864. The number of hydrogen-bond donors (Lipinski definition) is 1. The minimum Gasteiger partial charge on any atom is -0.490 e. The zero-order valence-corrected chi connectivity index (χ0v) is 12.3. The van der Waals surface area contributed by atoms with Crippen LogP contribution in [-0.4, -0.2) is 20.8 Å². The molecule has 0 saturated carbocycles. The van der Waals surface area contributed by atoms with Gasteiger partial charge in [0, 0.05) is 10.4 Å². The van der Waals surface area contributed by atoms with Crippen LogP contribution in [0.2, 0.25) is 0 Å². The molecule has 1 aromatic carbocycles. The normalized spacial score (nSPS) is 13.3. The molecule has 102 valence electrons. The van der Waals surface area contributed by atoms with E-state index in [2.05, 4.69) is 15.9 Å². The van der Waals surface area contributed by atoms with E-state index in [1.54, 1.807) is 6.07 Å². The highest BCUT2D eigenvalue weighted by molar-refractivity contribution is 9.10. The molecule has 0 aliphatic heterocycles. The number of benzene rings is 1. The second-order valence-electron chi connectivity index (χ2n) is 3.99. The summed E-state index contributed by atoms with van der Waals surface area (Å²) in [5.74, 6) is -0.800. The summed E-state index contributed by atoms with van der Waals surface area (Å²) in [7, 11) is -3.54. The molecule has 1 unspecified atom stereocenters. The van der Waals surface area contributed by atoms with Crippen LogP contribution in [0.4, 0.5) is 4.39 Å². The van der Waals surface area contributed by atoms with E-state index < -0.39 is 15.8 Å². The molecule has 0 heterocycles. The molecule has 0 fully saturated rings. The molecule has 18 heavy (non-hydrogen) atoms. The van der Waals surface area contributed by atoms with Gasteiger partial charge in [0.15, 0.2) is 11.6 Å². The number of rotatable bonds is 6. The SMILES string of the molecule is CCC(COc1ccc(Br)cc1F)CS(N)(=O)=O. The Bertz CT molecular complexity index is 507. The van der Waals surface area contributed by atoms with Crippen LogP contribution in [0.5, 0.6) is 5.75 Å². The molecule has 2 N–H and O–H groups in total. The molecule has 0 amide bonds. The lowest BCUT2D eigenvalue weighted by atomic mass is 10.1. The minimum absolute atomic E-state index is 0.103. The van der Waals surface area contributed by atoms with Crippen molar-refractivity contribution in [1.82, 2.24) is 0 Å². The highest BCUT2D eigenvalue weighted by Gasteiger charge is 2.15. The maximum atomic E-state index is 13.4. The minimum atomic E-state index is -3.54. The van der Waals surface area contributed by atoms with Gasteiger partial charge in [-0.2, -0.15) is 0 Å². The smallest absolute Gasteiger partial charge is 0.209 e. The summed E-state index contributed by atoms with van der Waals surface area (Å²) in [6.07, 6.45) is 0.592. The van der Waals surface area contributed by atoms with Crippen molar-refractivity contribution >= 4 is 26.0 Å². The Balaban J connectivity index is 2.62. The van der Waals surface area contributed by atoms with Gasteiger partial charge < -0.3 is 4.74 Å². The van der Waals surface area contributed by atoms with Crippen molar-refractivity contribution in [2.24, 2.45) is 11.1 Å². The topological polar surface area (TPSA) is 69.4 Å². The Morgan fingerprint density at radius 3 is 2.67 bits per heavy atom. The fraction of sp³-hybridized carbons (Fsp3) is 0.455. The monoisotopic (exact) mass is 339 g/mol. The number of sulfonamides is 1. The third kappa shape index (κ3) is 5.32. The van der Waals surface area contributed by atoms with Crippen LogP contribution >= 0.6 is 15.9 Å². The Labute approximate surface area is 115 Å². The third-order valence-electron chi connectivity index (χ3n) is 2.41. The van der Waals surface area contributed by atoms with E-state index in [0.29, 0.717) is 10.9 Å². The third-order valence-corrected chi connectivity index (χ3v) is 3.84. The summed E-state index contributed by atoms with van der Waals surface area (Å²) in [4.78, 5) is 0. The molecule has 7 heteroatoms. The predicted octanol–water partition coefficient (Wildman–Crippen LogP) is 2.28. The summed E-state index contributed by atoms with van der Waals surface area (Å²) in [6.45, 7) is 1.95. The molecule has 0 aromatic heterocycles. The molecule has 0 spiro atoms. The molecule has 0 aliphatic carbocycles. The van der Waals surface area contributed by atoms with Crippen molar-refractivity contribution in [3.63, 3.8) is 0 Å². The van der Waals surface area contributed by atoms with Gasteiger partial charge in [0.1, 0.15) is 0 Å². The first-order chi connectivity index (χ1) is 8.31. The number of ether oxygens (including phenoxy) is 1. The fourth-order valence-electron chi connectivity index (χ4n) is 1.41. The molecule has 0 aliphatic rings. The van der Waals surface area contributed by atoms with Gasteiger partial charge in [0.25, 0.3) is 0 Å². The van der Waals surface area contributed by atoms with Crippen LogP contribution in [-0.2, 0) is 10.0 Å². The average molecular weight is 340 g/mol. The van der Waals surface area contributed by atoms with E-state index in [-0.39, 0.29) is 24.0 Å². The first-order valence-corrected chi connectivity index (χ1v) is 7.91. The maximum Gasteiger partial charge on any atom is 0.209 e. The van der Waals surface area contributed by atoms with E-state index >= 15 is 0 Å². The maximum absolute atomic E-state index is 13.4. The van der Waals surface area contributed by atoms with E-state index in [1.165, 1.54) is 12.1 Å². The van der Waals surface area contributed by atoms with E-state index in [4.69, 9.17) is 9.88 Å². The lowest BCUT2D eigenvalue weighted by Gasteiger charge is -2.15. The van der Waals surface area contributed by atoms with Gasteiger partial charge in [-0.25, -0.2) is 17.9 Å². The Morgan fingerprint density at radius 1 is 1.50 bits per heavy atom. The highest BCUT2D eigenvalue weighted by atomic mass is 79.9. The molecule has 0 saturated heterocycles. The number of hydrogen-bond acceptors (Lipinski definition) is 3. The molecule has 1 atom stereocenters. The van der Waals surface area contributed by atoms with Gasteiger partial charge in [-0.15, -0.1) is 0 Å². The summed E-state index contributed by atoms with van der Waals surface area (Å²) in [6, 6.07) is 4.43. The Kier molecular flexibility index (Phi) is 5.55. The zero-order chi connectivity index (χ0) is 13.8. The van der Waals surface area contributed by atoms with Crippen LogP contribution in [0.1, 0.15) is 13.3 Å². The lowest BCUT2D eigenvalue weighted by molar-refractivity contribution is 0.247. The van der Waals surface area contributed by atoms with Crippen LogP contribution in [0.3, 0.4) is 0 Å². The highest BCUT2D eigenvalue weighted by Crippen LogP contribution is 2.22. The van der Waals surface area contributed by atoms with Crippen molar-refractivity contribution < 1.29 is 17.5 Å². The lowest BCUT2D eigenvalue weighted by Crippen LogP contribution is -2.26. The van der Waals surface area contributed by atoms with Crippen LogP contribution in [0, 0.1) is 11.7 Å². The molecule has 4 nitrogen and oxygen atoms in total. The van der Waals surface area contributed by atoms with Crippen LogP contribution in [0.25, 0.3) is 0 Å². The second-order valence-corrected chi connectivity index (χ2v) is 6.56. The second kappa shape index (κ2) is 6.49. The zero-order valence-electron chi connectivity index (χ0n) is 9.90. The van der Waals surface area contributed by atoms with Crippen LogP contribution < -0.4 is 9.88 Å². The summed E-state index contributed by atoms with van der Waals surface area (Å²) in [5.41, 5.74) is 0. The van der Waals surface area contributed by atoms with Crippen molar-refractivity contribution in [1.29, 1.82) is 0 Å². The summed E-state index contributed by atoms with van der Waals surface area (Å²) < 4.78 is 41.3. The Hall–Kier alpha value is -0.660. The van der Waals surface area contributed by atoms with Gasteiger partial charge in [-0.3, -0.25) is 0 Å². The molecule has 1 aromatic rings. The first kappa shape index (κ1) is 15.4. The molecule has 0 bridgehead atoms. The van der Waals surface area contributed by atoms with Crippen LogP contribution in [0.15, 0.2) is 22.7 Å². The number of nitrogens with two attached hydrogens (primary N) is 1. The van der Waals surface area contributed by atoms with Gasteiger partial charge in [-0.05, 0) is 24.6 Å². The number of primary sulfonamides is 1. The Morgan fingerprint density at radius 2 is 2.17 bits per heavy atom. The molecule has 0 radical (unpaired) electrons. The largest absolute Gasteiger partial charge is 0.490 e.